The number of rotatable bonds is 4. The molecule has 1 aliphatic rings. The SMILES string of the molecule is C1=CC(c2ccc3ccccc3c2)Cc2ccc(-c3c4ccccc4c(-c4ccc5cc(-c6ccc7ccccc7c6)ccc5c4)c4ccccc34)cc21. The molecule has 0 fully saturated rings. The smallest absolute Gasteiger partial charge is 0.00621 e. The van der Waals surface area contributed by atoms with Gasteiger partial charge in [0.15, 0.2) is 0 Å². The highest BCUT2D eigenvalue weighted by Crippen LogP contribution is 2.45. The van der Waals surface area contributed by atoms with Crippen LogP contribution in [0.15, 0.2) is 194 Å². The molecule has 0 amide bonds. The standard InChI is InChI=1S/C54H36/c1-3-11-37-29-39(19-17-35(37)9-1)41-21-23-45-33-47(27-25-43(45)31-41)53-49-13-5-7-15-51(49)54(52-16-8-6-14-50(52)53)48-28-26-44-32-42(22-24-46(44)34-48)40-20-18-36-10-2-4-12-38(36)30-40/h1-31,33-34,42H,32H2. The van der Waals surface area contributed by atoms with Crippen molar-refractivity contribution in [2.75, 3.05) is 0 Å². The second-order valence-electron chi connectivity index (χ2n) is 14.9. The first-order chi connectivity index (χ1) is 26.7. The van der Waals surface area contributed by atoms with Gasteiger partial charge in [-0.1, -0.05) is 176 Å². The predicted octanol–water partition coefficient (Wildman–Crippen LogP) is 14.8. The lowest BCUT2D eigenvalue weighted by Gasteiger charge is -2.22. The lowest BCUT2D eigenvalue weighted by Crippen LogP contribution is -2.06. The zero-order chi connectivity index (χ0) is 35.6. The van der Waals surface area contributed by atoms with Crippen LogP contribution in [0.4, 0.5) is 0 Å². The van der Waals surface area contributed by atoms with E-state index in [1.807, 2.05) is 0 Å². The Hall–Kier alpha value is -6.76. The maximum absolute atomic E-state index is 2.42. The van der Waals surface area contributed by atoms with Crippen LogP contribution in [0.5, 0.6) is 0 Å². The highest BCUT2D eigenvalue weighted by Gasteiger charge is 2.20. The second-order valence-corrected chi connectivity index (χ2v) is 14.9. The maximum atomic E-state index is 2.42. The number of hydrogen-bond acceptors (Lipinski definition) is 0. The van der Waals surface area contributed by atoms with Crippen molar-refractivity contribution in [2.45, 2.75) is 12.3 Å². The molecule has 0 radical (unpaired) electrons. The van der Waals surface area contributed by atoms with Gasteiger partial charge in [0, 0.05) is 5.92 Å². The first-order valence-corrected chi connectivity index (χ1v) is 19.0. The summed E-state index contributed by atoms with van der Waals surface area (Å²) in [5.74, 6) is 0.376. The molecule has 0 aliphatic heterocycles. The van der Waals surface area contributed by atoms with Gasteiger partial charge in [-0.3, -0.25) is 0 Å². The van der Waals surface area contributed by atoms with Crippen LogP contribution in [-0.4, -0.2) is 0 Å². The van der Waals surface area contributed by atoms with E-state index < -0.39 is 0 Å². The summed E-state index contributed by atoms with van der Waals surface area (Å²) < 4.78 is 0. The predicted molar refractivity (Wildman–Crippen MR) is 232 cm³/mol. The number of allylic oxidation sites excluding steroid dienone is 1. The normalized spacial score (nSPS) is 14.0. The minimum atomic E-state index is 0.376. The molecule has 0 N–H and O–H groups in total. The zero-order valence-corrected chi connectivity index (χ0v) is 29.8. The molecule has 252 valence electrons. The van der Waals surface area contributed by atoms with E-state index in [9.17, 15) is 0 Å². The van der Waals surface area contributed by atoms with Gasteiger partial charge in [0.25, 0.3) is 0 Å². The largest absolute Gasteiger partial charge is 0.0761 e. The Kier molecular flexibility index (Phi) is 7.10. The molecule has 0 aromatic heterocycles. The third-order valence-corrected chi connectivity index (χ3v) is 11.7. The van der Waals surface area contributed by atoms with Crippen LogP contribution in [0.1, 0.15) is 22.6 Å². The van der Waals surface area contributed by atoms with Crippen molar-refractivity contribution in [3.63, 3.8) is 0 Å². The summed E-state index contributed by atoms with van der Waals surface area (Å²) in [5, 5.41) is 12.8. The maximum Gasteiger partial charge on any atom is 0.00621 e. The summed E-state index contributed by atoms with van der Waals surface area (Å²) in [5.41, 5.74) is 11.7. The van der Waals surface area contributed by atoms with Gasteiger partial charge in [-0.2, -0.15) is 0 Å². The van der Waals surface area contributed by atoms with Crippen LogP contribution < -0.4 is 0 Å². The molecule has 0 heterocycles. The summed E-state index contributed by atoms with van der Waals surface area (Å²) in [6, 6.07) is 69.9. The molecule has 10 aromatic rings. The van der Waals surface area contributed by atoms with Gasteiger partial charge in [-0.15, -0.1) is 0 Å². The summed E-state index contributed by atoms with van der Waals surface area (Å²) in [6.45, 7) is 0. The molecule has 11 rings (SSSR count). The monoisotopic (exact) mass is 684 g/mol. The lowest BCUT2D eigenvalue weighted by molar-refractivity contribution is 0.828. The van der Waals surface area contributed by atoms with E-state index in [1.165, 1.54) is 104 Å². The summed E-state index contributed by atoms with van der Waals surface area (Å²) in [4.78, 5) is 0. The van der Waals surface area contributed by atoms with Crippen molar-refractivity contribution in [3.8, 4) is 33.4 Å². The first kappa shape index (κ1) is 30.8. The van der Waals surface area contributed by atoms with Crippen LogP contribution in [0.25, 0.3) is 93.3 Å². The molecule has 0 nitrogen and oxygen atoms in total. The Balaban J connectivity index is 0.996. The van der Waals surface area contributed by atoms with E-state index in [1.54, 1.807) is 0 Å². The minimum absolute atomic E-state index is 0.376. The van der Waals surface area contributed by atoms with E-state index in [0.29, 0.717) is 5.92 Å². The minimum Gasteiger partial charge on any atom is -0.0761 e. The number of benzene rings is 10. The quantitative estimate of drug-likeness (QED) is 0.162. The van der Waals surface area contributed by atoms with Gasteiger partial charge in [0.1, 0.15) is 0 Å². The van der Waals surface area contributed by atoms with E-state index in [2.05, 4.69) is 200 Å². The van der Waals surface area contributed by atoms with Crippen LogP contribution in [-0.2, 0) is 6.42 Å². The number of fused-ring (bicyclic) bond motifs is 6. The summed E-state index contributed by atoms with van der Waals surface area (Å²) in [7, 11) is 0. The van der Waals surface area contributed by atoms with Crippen molar-refractivity contribution in [3.05, 3.63) is 211 Å². The van der Waals surface area contributed by atoms with E-state index in [0.717, 1.165) is 6.42 Å². The molecule has 54 heavy (non-hydrogen) atoms. The fourth-order valence-corrected chi connectivity index (χ4v) is 8.98. The zero-order valence-electron chi connectivity index (χ0n) is 29.8. The molecule has 0 saturated heterocycles. The molecule has 1 unspecified atom stereocenters. The molecule has 0 bridgehead atoms. The molecule has 0 heteroatoms. The lowest BCUT2D eigenvalue weighted by atomic mass is 9.82. The molecular weight excluding hydrogens is 649 g/mol. The third-order valence-electron chi connectivity index (χ3n) is 11.7. The Bertz CT molecular complexity index is 3080. The van der Waals surface area contributed by atoms with Crippen LogP contribution in [0.3, 0.4) is 0 Å². The molecule has 0 spiro atoms. The fraction of sp³-hybridized carbons (Fsp3) is 0.0370. The van der Waals surface area contributed by atoms with Crippen molar-refractivity contribution in [1.29, 1.82) is 0 Å². The second kappa shape index (κ2) is 12.4. The highest BCUT2D eigenvalue weighted by atomic mass is 14.2. The van der Waals surface area contributed by atoms with Gasteiger partial charge >= 0.3 is 0 Å². The topological polar surface area (TPSA) is 0 Å². The van der Waals surface area contributed by atoms with Crippen molar-refractivity contribution >= 4 is 59.9 Å². The van der Waals surface area contributed by atoms with E-state index in [-0.39, 0.29) is 0 Å². The van der Waals surface area contributed by atoms with E-state index >= 15 is 0 Å². The van der Waals surface area contributed by atoms with Gasteiger partial charge in [0.2, 0.25) is 0 Å². The molecule has 1 aliphatic carbocycles. The van der Waals surface area contributed by atoms with Crippen LogP contribution in [0.2, 0.25) is 0 Å². The first-order valence-electron chi connectivity index (χ1n) is 19.0. The fourth-order valence-electron chi connectivity index (χ4n) is 8.98. The Labute approximate surface area is 315 Å². The van der Waals surface area contributed by atoms with Crippen LogP contribution in [0, 0.1) is 0 Å². The van der Waals surface area contributed by atoms with Gasteiger partial charge in [-0.25, -0.2) is 0 Å². The van der Waals surface area contributed by atoms with E-state index in [4.69, 9.17) is 0 Å². The average Bonchev–Trinajstić information content (AvgIpc) is 3.24. The molecule has 0 saturated carbocycles. The van der Waals surface area contributed by atoms with Crippen molar-refractivity contribution in [1.82, 2.24) is 0 Å². The molecule has 10 aromatic carbocycles. The molecular formula is C54H36. The average molecular weight is 685 g/mol. The Morgan fingerprint density at radius 1 is 0.333 bits per heavy atom. The summed E-state index contributed by atoms with van der Waals surface area (Å²) >= 11 is 0. The Morgan fingerprint density at radius 3 is 1.37 bits per heavy atom. The summed E-state index contributed by atoms with van der Waals surface area (Å²) in [6.07, 6.45) is 5.76. The van der Waals surface area contributed by atoms with Crippen molar-refractivity contribution in [2.24, 2.45) is 0 Å². The number of hydrogen-bond donors (Lipinski definition) is 0. The third kappa shape index (κ3) is 5.14. The molecule has 1 atom stereocenters. The van der Waals surface area contributed by atoms with Gasteiger partial charge in [0.05, 0.1) is 0 Å². The Morgan fingerprint density at radius 2 is 0.759 bits per heavy atom. The van der Waals surface area contributed by atoms with Gasteiger partial charge in [-0.05, 0) is 135 Å². The van der Waals surface area contributed by atoms with Crippen molar-refractivity contribution < 1.29 is 0 Å². The van der Waals surface area contributed by atoms with Gasteiger partial charge < -0.3 is 0 Å². The highest BCUT2D eigenvalue weighted by molar-refractivity contribution is 6.21. The van der Waals surface area contributed by atoms with Crippen LogP contribution >= 0.6 is 0 Å².